The highest BCUT2D eigenvalue weighted by Crippen LogP contribution is 2.27. The number of hydrogen-bond donors (Lipinski definition) is 0. The molecule has 0 unspecified atom stereocenters. The van der Waals surface area contributed by atoms with E-state index >= 15 is 0 Å². The number of rotatable bonds is 12. The SMILES string of the molecule is C=C(C)C(=O)Oc1ccccc1OCCCCCCCCCC. The van der Waals surface area contributed by atoms with Crippen LogP contribution in [0.1, 0.15) is 65.2 Å². The molecule has 1 aromatic rings. The molecule has 23 heavy (non-hydrogen) atoms. The molecule has 0 spiro atoms. The Morgan fingerprint density at radius 1 is 0.957 bits per heavy atom. The first-order valence-corrected chi connectivity index (χ1v) is 8.74. The summed E-state index contributed by atoms with van der Waals surface area (Å²) in [6, 6.07) is 7.26. The van der Waals surface area contributed by atoms with Gasteiger partial charge >= 0.3 is 5.97 Å². The van der Waals surface area contributed by atoms with E-state index in [0.29, 0.717) is 23.7 Å². The van der Waals surface area contributed by atoms with Crippen LogP contribution < -0.4 is 9.47 Å². The molecule has 0 aromatic heterocycles. The molecule has 0 saturated carbocycles. The van der Waals surface area contributed by atoms with Crippen molar-refractivity contribution in [2.24, 2.45) is 0 Å². The van der Waals surface area contributed by atoms with Gasteiger partial charge in [-0.3, -0.25) is 0 Å². The van der Waals surface area contributed by atoms with Crippen LogP contribution in [0.25, 0.3) is 0 Å². The fourth-order valence-electron chi connectivity index (χ4n) is 2.26. The number of unbranched alkanes of at least 4 members (excludes halogenated alkanes) is 7. The number of benzene rings is 1. The molecule has 0 amide bonds. The molecule has 0 heterocycles. The highest BCUT2D eigenvalue weighted by molar-refractivity contribution is 5.89. The molecule has 1 aromatic carbocycles. The predicted molar refractivity (Wildman–Crippen MR) is 95.0 cm³/mol. The lowest BCUT2D eigenvalue weighted by molar-refractivity contribution is -0.130. The van der Waals surface area contributed by atoms with E-state index in [4.69, 9.17) is 9.47 Å². The summed E-state index contributed by atoms with van der Waals surface area (Å²) in [4.78, 5) is 11.6. The van der Waals surface area contributed by atoms with Crippen LogP contribution >= 0.6 is 0 Å². The third kappa shape index (κ3) is 8.44. The normalized spacial score (nSPS) is 10.3. The predicted octanol–water partition coefficient (Wildman–Crippen LogP) is 5.69. The first kappa shape index (κ1) is 19.3. The van der Waals surface area contributed by atoms with Crippen LogP contribution in [0.15, 0.2) is 36.4 Å². The Morgan fingerprint density at radius 2 is 1.52 bits per heavy atom. The minimum Gasteiger partial charge on any atom is -0.490 e. The second-order valence-corrected chi connectivity index (χ2v) is 5.94. The van der Waals surface area contributed by atoms with Gasteiger partial charge in [0.25, 0.3) is 0 Å². The third-order valence-corrected chi connectivity index (χ3v) is 3.66. The fraction of sp³-hybridized carbons (Fsp3) is 0.550. The van der Waals surface area contributed by atoms with Crippen LogP contribution in [0.4, 0.5) is 0 Å². The van der Waals surface area contributed by atoms with Crippen molar-refractivity contribution >= 4 is 5.97 Å². The van der Waals surface area contributed by atoms with E-state index in [0.717, 1.165) is 6.42 Å². The number of carbonyl (C=O) groups excluding carboxylic acids is 1. The highest BCUT2D eigenvalue weighted by Gasteiger charge is 2.10. The van der Waals surface area contributed by atoms with Crippen LogP contribution in [-0.2, 0) is 4.79 Å². The maximum absolute atomic E-state index is 11.6. The molecule has 0 N–H and O–H groups in total. The van der Waals surface area contributed by atoms with E-state index in [2.05, 4.69) is 13.5 Å². The molecule has 0 atom stereocenters. The number of para-hydroxylation sites is 2. The van der Waals surface area contributed by atoms with Gasteiger partial charge in [-0.05, 0) is 25.5 Å². The molecule has 1 rings (SSSR count). The first-order chi connectivity index (χ1) is 11.1. The van der Waals surface area contributed by atoms with Gasteiger partial charge in [0, 0.05) is 5.57 Å². The van der Waals surface area contributed by atoms with Gasteiger partial charge in [-0.25, -0.2) is 4.79 Å². The third-order valence-electron chi connectivity index (χ3n) is 3.66. The maximum Gasteiger partial charge on any atom is 0.338 e. The van der Waals surface area contributed by atoms with E-state index in [1.54, 1.807) is 13.0 Å². The molecule has 0 fully saturated rings. The van der Waals surface area contributed by atoms with E-state index in [1.807, 2.05) is 18.2 Å². The Kier molecular flexibility index (Phi) is 9.85. The van der Waals surface area contributed by atoms with Crippen molar-refractivity contribution in [3.05, 3.63) is 36.4 Å². The molecule has 0 bridgehead atoms. The van der Waals surface area contributed by atoms with Crippen molar-refractivity contribution in [3.63, 3.8) is 0 Å². The van der Waals surface area contributed by atoms with Gasteiger partial charge in [-0.15, -0.1) is 0 Å². The quantitative estimate of drug-likeness (QED) is 0.215. The standard InChI is InChI=1S/C20H30O3/c1-4-5-6-7-8-9-10-13-16-22-18-14-11-12-15-19(18)23-20(21)17(2)3/h11-12,14-15H,2,4-10,13,16H2,1,3H3. The van der Waals surface area contributed by atoms with Crippen molar-refractivity contribution in [3.8, 4) is 11.5 Å². The van der Waals surface area contributed by atoms with Gasteiger partial charge in [0.15, 0.2) is 11.5 Å². The van der Waals surface area contributed by atoms with E-state index in [9.17, 15) is 4.79 Å². The lowest BCUT2D eigenvalue weighted by Crippen LogP contribution is -2.09. The Balaban J connectivity index is 2.24. The maximum atomic E-state index is 11.6. The Bertz CT molecular complexity index is 480. The number of carbonyl (C=O) groups is 1. The minimum atomic E-state index is -0.423. The van der Waals surface area contributed by atoms with Crippen molar-refractivity contribution in [2.75, 3.05) is 6.61 Å². The lowest BCUT2D eigenvalue weighted by atomic mass is 10.1. The summed E-state index contributed by atoms with van der Waals surface area (Å²) in [5.74, 6) is 0.651. The van der Waals surface area contributed by atoms with Crippen molar-refractivity contribution < 1.29 is 14.3 Å². The summed E-state index contributed by atoms with van der Waals surface area (Å²) >= 11 is 0. The first-order valence-electron chi connectivity index (χ1n) is 8.74. The second kappa shape index (κ2) is 11.8. The zero-order valence-corrected chi connectivity index (χ0v) is 14.6. The van der Waals surface area contributed by atoms with Crippen LogP contribution in [0.3, 0.4) is 0 Å². The molecular weight excluding hydrogens is 288 g/mol. The fourth-order valence-corrected chi connectivity index (χ4v) is 2.26. The molecule has 0 aliphatic carbocycles. The average Bonchev–Trinajstić information content (AvgIpc) is 2.54. The number of ether oxygens (including phenoxy) is 2. The molecular formula is C20H30O3. The highest BCUT2D eigenvalue weighted by atomic mass is 16.6. The monoisotopic (exact) mass is 318 g/mol. The van der Waals surface area contributed by atoms with Gasteiger partial charge in [0.05, 0.1) is 6.61 Å². The Morgan fingerprint density at radius 3 is 2.13 bits per heavy atom. The van der Waals surface area contributed by atoms with E-state index < -0.39 is 5.97 Å². The molecule has 0 radical (unpaired) electrons. The van der Waals surface area contributed by atoms with Gasteiger partial charge < -0.3 is 9.47 Å². The Hall–Kier alpha value is -1.77. The van der Waals surface area contributed by atoms with Crippen LogP contribution in [0.2, 0.25) is 0 Å². The molecule has 0 aliphatic heterocycles. The van der Waals surface area contributed by atoms with Crippen LogP contribution in [0.5, 0.6) is 11.5 Å². The van der Waals surface area contributed by atoms with Gasteiger partial charge in [0.1, 0.15) is 0 Å². The molecule has 3 heteroatoms. The smallest absolute Gasteiger partial charge is 0.338 e. The molecule has 128 valence electrons. The summed E-state index contributed by atoms with van der Waals surface area (Å²) in [6.07, 6.45) is 10.1. The molecule has 0 aliphatic rings. The summed E-state index contributed by atoms with van der Waals surface area (Å²) in [5, 5.41) is 0. The van der Waals surface area contributed by atoms with E-state index in [-0.39, 0.29) is 0 Å². The Labute approximate surface area is 140 Å². The second-order valence-electron chi connectivity index (χ2n) is 5.94. The average molecular weight is 318 g/mol. The van der Waals surface area contributed by atoms with Crippen molar-refractivity contribution in [2.45, 2.75) is 65.2 Å². The molecule has 3 nitrogen and oxygen atoms in total. The van der Waals surface area contributed by atoms with E-state index in [1.165, 1.54) is 44.9 Å². The number of hydrogen-bond acceptors (Lipinski definition) is 3. The van der Waals surface area contributed by atoms with Crippen molar-refractivity contribution in [1.29, 1.82) is 0 Å². The summed E-state index contributed by atoms with van der Waals surface area (Å²) < 4.78 is 11.0. The topological polar surface area (TPSA) is 35.5 Å². The lowest BCUT2D eigenvalue weighted by Gasteiger charge is -2.11. The van der Waals surface area contributed by atoms with Crippen molar-refractivity contribution in [1.82, 2.24) is 0 Å². The van der Waals surface area contributed by atoms with Crippen LogP contribution in [-0.4, -0.2) is 12.6 Å². The zero-order valence-electron chi connectivity index (χ0n) is 14.6. The largest absolute Gasteiger partial charge is 0.490 e. The zero-order chi connectivity index (χ0) is 16.9. The van der Waals surface area contributed by atoms with Crippen LogP contribution in [0, 0.1) is 0 Å². The summed E-state index contributed by atoms with van der Waals surface area (Å²) in [7, 11) is 0. The number of esters is 1. The summed E-state index contributed by atoms with van der Waals surface area (Å²) in [6.45, 7) is 8.11. The van der Waals surface area contributed by atoms with Gasteiger partial charge in [0.2, 0.25) is 0 Å². The van der Waals surface area contributed by atoms with Gasteiger partial charge in [-0.1, -0.05) is 70.6 Å². The summed E-state index contributed by atoms with van der Waals surface area (Å²) in [5.41, 5.74) is 0.378. The minimum absolute atomic E-state index is 0.378. The van der Waals surface area contributed by atoms with Gasteiger partial charge in [-0.2, -0.15) is 0 Å². The molecule has 0 saturated heterocycles.